The molecule has 3 heterocycles. The van der Waals surface area contributed by atoms with Gasteiger partial charge in [0.2, 0.25) is 0 Å². The van der Waals surface area contributed by atoms with E-state index in [0.717, 1.165) is 20.9 Å². The van der Waals surface area contributed by atoms with Gasteiger partial charge in [-0.1, -0.05) is 12.1 Å². The molecule has 0 aliphatic carbocycles. The highest BCUT2D eigenvalue weighted by Gasteiger charge is 2.14. The van der Waals surface area contributed by atoms with E-state index >= 15 is 0 Å². The molecule has 4 rings (SSSR count). The third kappa shape index (κ3) is 2.48. The highest BCUT2D eigenvalue weighted by atomic mass is 32.1. The van der Waals surface area contributed by atoms with Crippen LogP contribution in [-0.2, 0) is 6.54 Å². The molecule has 0 bridgehead atoms. The molecule has 0 atom stereocenters. The standard InChI is InChI=1S/C16H10N4OS2/c17-8-10-1-3-11(4-2-10)9-18-14(21)13-7-12-15(23-13)19-16-20(12)5-6-22-16/h1-7H,9H2,(H,18,21). The number of nitriles is 1. The molecular weight excluding hydrogens is 328 g/mol. The lowest BCUT2D eigenvalue weighted by Gasteiger charge is -2.03. The van der Waals surface area contributed by atoms with Crippen molar-refractivity contribution in [3.8, 4) is 6.07 Å². The van der Waals surface area contributed by atoms with Crippen molar-refractivity contribution in [2.24, 2.45) is 0 Å². The van der Waals surface area contributed by atoms with E-state index in [0.29, 0.717) is 17.0 Å². The molecule has 0 aliphatic heterocycles. The van der Waals surface area contributed by atoms with E-state index in [2.05, 4.69) is 16.4 Å². The fourth-order valence-corrected chi connectivity index (χ4v) is 4.04. The number of amides is 1. The maximum atomic E-state index is 12.3. The van der Waals surface area contributed by atoms with Crippen molar-refractivity contribution in [1.82, 2.24) is 14.7 Å². The lowest BCUT2D eigenvalue weighted by atomic mass is 10.1. The normalized spacial score (nSPS) is 10.9. The van der Waals surface area contributed by atoms with Crippen molar-refractivity contribution in [1.29, 1.82) is 5.26 Å². The number of carbonyl (C=O) groups excluding carboxylic acids is 1. The minimum absolute atomic E-state index is 0.110. The summed E-state index contributed by atoms with van der Waals surface area (Å²) in [6, 6.07) is 11.1. The Hall–Kier alpha value is -2.69. The maximum Gasteiger partial charge on any atom is 0.261 e. The van der Waals surface area contributed by atoms with Crippen LogP contribution in [0.15, 0.2) is 41.9 Å². The summed E-state index contributed by atoms with van der Waals surface area (Å²) in [4.78, 5) is 19.3. The van der Waals surface area contributed by atoms with Gasteiger partial charge in [0.25, 0.3) is 5.91 Å². The molecule has 23 heavy (non-hydrogen) atoms. The van der Waals surface area contributed by atoms with E-state index < -0.39 is 0 Å². The number of nitrogens with one attached hydrogen (secondary N) is 1. The highest BCUT2D eigenvalue weighted by Crippen LogP contribution is 2.28. The van der Waals surface area contributed by atoms with Crippen molar-refractivity contribution in [2.75, 3.05) is 0 Å². The third-order valence-electron chi connectivity index (χ3n) is 3.50. The Morgan fingerprint density at radius 2 is 2.17 bits per heavy atom. The van der Waals surface area contributed by atoms with Gasteiger partial charge in [0.1, 0.15) is 4.83 Å². The first-order chi connectivity index (χ1) is 11.2. The first-order valence-corrected chi connectivity index (χ1v) is 8.56. The monoisotopic (exact) mass is 338 g/mol. The topological polar surface area (TPSA) is 70.2 Å². The molecule has 1 aromatic carbocycles. The minimum Gasteiger partial charge on any atom is -0.347 e. The Balaban J connectivity index is 1.51. The zero-order chi connectivity index (χ0) is 15.8. The molecular formula is C16H10N4OS2. The Morgan fingerprint density at radius 3 is 2.96 bits per heavy atom. The van der Waals surface area contributed by atoms with Crippen LogP contribution in [0.4, 0.5) is 0 Å². The third-order valence-corrected chi connectivity index (χ3v) is 5.27. The second-order valence-electron chi connectivity index (χ2n) is 4.96. The minimum atomic E-state index is -0.110. The summed E-state index contributed by atoms with van der Waals surface area (Å²) in [5.41, 5.74) is 2.54. The summed E-state index contributed by atoms with van der Waals surface area (Å²) in [5.74, 6) is -0.110. The molecule has 1 amide bonds. The van der Waals surface area contributed by atoms with Crippen molar-refractivity contribution < 1.29 is 4.79 Å². The van der Waals surface area contributed by atoms with Crippen LogP contribution in [0.3, 0.4) is 0 Å². The van der Waals surface area contributed by atoms with E-state index in [-0.39, 0.29) is 5.91 Å². The molecule has 0 radical (unpaired) electrons. The number of carbonyl (C=O) groups is 1. The second-order valence-corrected chi connectivity index (χ2v) is 6.86. The van der Waals surface area contributed by atoms with Crippen molar-refractivity contribution in [3.05, 3.63) is 57.9 Å². The molecule has 1 N–H and O–H groups in total. The number of fused-ring (bicyclic) bond motifs is 3. The Kier molecular flexibility index (Phi) is 3.33. The second kappa shape index (κ2) is 5.50. The van der Waals surface area contributed by atoms with Gasteiger partial charge in [0.05, 0.1) is 22.0 Å². The number of nitrogens with zero attached hydrogens (tertiary/aromatic N) is 3. The van der Waals surface area contributed by atoms with Crippen LogP contribution >= 0.6 is 22.7 Å². The zero-order valence-corrected chi connectivity index (χ0v) is 13.4. The van der Waals surface area contributed by atoms with E-state index in [1.54, 1.807) is 23.5 Å². The van der Waals surface area contributed by atoms with Crippen LogP contribution in [0.25, 0.3) is 15.3 Å². The molecule has 5 nitrogen and oxygen atoms in total. The van der Waals surface area contributed by atoms with Crippen LogP contribution < -0.4 is 5.32 Å². The molecule has 7 heteroatoms. The number of thiazole rings is 1. The van der Waals surface area contributed by atoms with E-state index in [4.69, 9.17) is 5.26 Å². The Bertz CT molecular complexity index is 1050. The van der Waals surface area contributed by atoms with Gasteiger partial charge in [-0.05, 0) is 23.8 Å². The fraction of sp³-hybridized carbons (Fsp3) is 0.0625. The quantitative estimate of drug-likeness (QED) is 0.622. The number of benzene rings is 1. The molecule has 4 aromatic rings. The van der Waals surface area contributed by atoms with Crippen LogP contribution in [-0.4, -0.2) is 15.3 Å². The fourth-order valence-electron chi connectivity index (χ4n) is 2.33. The number of hydrogen-bond donors (Lipinski definition) is 1. The number of imidazole rings is 1. The van der Waals surface area contributed by atoms with Crippen molar-refractivity contribution in [3.63, 3.8) is 0 Å². The average Bonchev–Trinajstić information content (AvgIpc) is 3.24. The van der Waals surface area contributed by atoms with Gasteiger partial charge >= 0.3 is 0 Å². The van der Waals surface area contributed by atoms with E-state index in [1.165, 1.54) is 11.3 Å². The highest BCUT2D eigenvalue weighted by molar-refractivity contribution is 7.21. The van der Waals surface area contributed by atoms with Crippen LogP contribution in [0, 0.1) is 11.3 Å². The lowest BCUT2D eigenvalue weighted by Crippen LogP contribution is -2.21. The predicted octanol–water partition coefficient (Wildman–Crippen LogP) is 3.41. The number of hydrogen-bond acceptors (Lipinski definition) is 5. The summed E-state index contributed by atoms with van der Waals surface area (Å²) in [7, 11) is 0. The summed E-state index contributed by atoms with van der Waals surface area (Å²) in [6.07, 6.45) is 1.96. The molecule has 0 unspecified atom stereocenters. The number of rotatable bonds is 3. The van der Waals surface area contributed by atoms with Crippen LogP contribution in [0.5, 0.6) is 0 Å². The lowest BCUT2D eigenvalue weighted by molar-refractivity contribution is 0.0955. The van der Waals surface area contributed by atoms with Crippen molar-refractivity contribution >= 4 is 43.9 Å². The molecule has 0 aliphatic rings. The summed E-state index contributed by atoms with van der Waals surface area (Å²) >= 11 is 2.97. The Morgan fingerprint density at radius 1 is 1.35 bits per heavy atom. The van der Waals surface area contributed by atoms with E-state index in [1.807, 2.05) is 34.2 Å². The summed E-state index contributed by atoms with van der Waals surface area (Å²) in [5, 5.41) is 13.7. The van der Waals surface area contributed by atoms with Gasteiger partial charge < -0.3 is 5.32 Å². The number of aromatic nitrogens is 2. The first kappa shape index (κ1) is 13.9. The van der Waals surface area contributed by atoms with Gasteiger partial charge in [-0.15, -0.1) is 22.7 Å². The number of thiophene rings is 1. The van der Waals surface area contributed by atoms with Crippen LogP contribution in [0.2, 0.25) is 0 Å². The van der Waals surface area contributed by atoms with E-state index in [9.17, 15) is 4.79 Å². The molecule has 0 saturated carbocycles. The smallest absolute Gasteiger partial charge is 0.261 e. The molecule has 0 fully saturated rings. The summed E-state index contributed by atoms with van der Waals surface area (Å²) in [6.45, 7) is 0.432. The molecule has 0 spiro atoms. The van der Waals surface area contributed by atoms with Crippen LogP contribution in [0.1, 0.15) is 20.8 Å². The zero-order valence-electron chi connectivity index (χ0n) is 11.8. The predicted molar refractivity (Wildman–Crippen MR) is 90.8 cm³/mol. The maximum absolute atomic E-state index is 12.3. The first-order valence-electron chi connectivity index (χ1n) is 6.87. The SMILES string of the molecule is N#Cc1ccc(CNC(=O)c2cc3c(nc4sccn43)s2)cc1. The molecule has 0 saturated heterocycles. The largest absolute Gasteiger partial charge is 0.347 e. The van der Waals surface area contributed by atoms with Gasteiger partial charge in [0, 0.05) is 18.1 Å². The Labute approximate surface area is 139 Å². The summed E-state index contributed by atoms with van der Waals surface area (Å²) < 4.78 is 1.99. The van der Waals surface area contributed by atoms with Gasteiger partial charge in [-0.25, -0.2) is 4.98 Å². The molecule has 3 aromatic heterocycles. The molecule has 112 valence electrons. The van der Waals surface area contributed by atoms with Gasteiger partial charge in [-0.3, -0.25) is 9.20 Å². The van der Waals surface area contributed by atoms with Crippen molar-refractivity contribution in [2.45, 2.75) is 6.54 Å². The van der Waals surface area contributed by atoms with Gasteiger partial charge in [-0.2, -0.15) is 5.26 Å². The van der Waals surface area contributed by atoms with Gasteiger partial charge in [0.15, 0.2) is 4.96 Å². The average molecular weight is 338 g/mol.